The van der Waals surface area contributed by atoms with Crippen LogP contribution in [0.15, 0.2) is 60.7 Å². The Bertz CT molecular complexity index is 1000. The molecule has 0 bridgehead atoms. The van der Waals surface area contributed by atoms with E-state index < -0.39 is 0 Å². The van der Waals surface area contributed by atoms with Crippen LogP contribution in [-0.4, -0.2) is 10.2 Å². The summed E-state index contributed by atoms with van der Waals surface area (Å²) in [6, 6.07) is 19.1. The van der Waals surface area contributed by atoms with Gasteiger partial charge in [-0.15, -0.1) is 0 Å². The van der Waals surface area contributed by atoms with Crippen LogP contribution in [0.3, 0.4) is 0 Å². The summed E-state index contributed by atoms with van der Waals surface area (Å²) in [7, 11) is 0. The quantitative estimate of drug-likeness (QED) is 0.635. The van der Waals surface area contributed by atoms with Crippen LogP contribution in [-0.2, 0) is 6.42 Å². The highest BCUT2D eigenvalue weighted by molar-refractivity contribution is 6.32. The Morgan fingerprint density at radius 1 is 0.880 bits per heavy atom. The second kappa shape index (κ2) is 5.98. The number of aryl methyl sites for hydroxylation is 1. The molecule has 1 aliphatic rings. The summed E-state index contributed by atoms with van der Waals surface area (Å²) in [6.07, 6.45) is 0.771. The predicted octanol–water partition coefficient (Wildman–Crippen LogP) is 5.57. The minimum atomic E-state index is 0.0802. The van der Waals surface area contributed by atoms with Gasteiger partial charge in [0.05, 0.1) is 5.02 Å². The largest absolute Gasteiger partial charge is 0.508 e. The van der Waals surface area contributed by atoms with Crippen molar-refractivity contribution in [3.05, 3.63) is 93.5 Å². The molecule has 124 valence electrons. The third kappa shape index (κ3) is 2.69. The van der Waals surface area contributed by atoms with Gasteiger partial charge in [0.1, 0.15) is 11.5 Å². The topological polar surface area (TPSA) is 40.5 Å². The fourth-order valence-electron chi connectivity index (χ4n) is 3.56. The molecule has 0 aliphatic heterocycles. The summed E-state index contributed by atoms with van der Waals surface area (Å²) in [5, 5.41) is 20.2. The smallest absolute Gasteiger partial charge is 0.134 e. The predicted molar refractivity (Wildman–Crippen MR) is 102 cm³/mol. The maximum atomic E-state index is 10.1. The number of phenolic OH excluding ortho intramolecular Hbond substituents is 2. The average molecular weight is 349 g/mol. The molecular formula is C22H17ClO2. The second-order valence-electron chi connectivity index (χ2n) is 6.35. The van der Waals surface area contributed by atoms with Crippen molar-refractivity contribution in [2.45, 2.75) is 13.3 Å². The summed E-state index contributed by atoms with van der Waals surface area (Å²) >= 11 is 6.14. The van der Waals surface area contributed by atoms with Crippen LogP contribution in [0.4, 0.5) is 0 Å². The van der Waals surface area contributed by atoms with Crippen molar-refractivity contribution < 1.29 is 10.2 Å². The maximum absolute atomic E-state index is 10.1. The zero-order valence-corrected chi connectivity index (χ0v) is 14.5. The SMILES string of the molecule is Cc1cc(O)cc2c1CC(c1ccc(O)c(Cl)c1)=C2c1ccccc1. The molecule has 0 fully saturated rings. The van der Waals surface area contributed by atoms with Gasteiger partial charge in [-0.1, -0.05) is 48.0 Å². The summed E-state index contributed by atoms with van der Waals surface area (Å²) in [5.74, 6) is 0.353. The number of allylic oxidation sites excluding steroid dienone is 1. The lowest BCUT2D eigenvalue weighted by atomic mass is 9.94. The van der Waals surface area contributed by atoms with Gasteiger partial charge in [0.25, 0.3) is 0 Å². The molecule has 25 heavy (non-hydrogen) atoms. The van der Waals surface area contributed by atoms with Gasteiger partial charge in [-0.3, -0.25) is 0 Å². The fourth-order valence-corrected chi connectivity index (χ4v) is 3.74. The Balaban J connectivity index is 2.00. The summed E-state index contributed by atoms with van der Waals surface area (Å²) < 4.78 is 0. The van der Waals surface area contributed by atoms with Gasteiger partial charge in [-0.2, -0.15) is 0 Å². The minimum absolute atomic E-state index is 0.0802. The highest BCUT2D eigenvalue weighted by Gasteiger charge is 2.26. The number of halogens is 1. The van der Waals surface area contributed by atoms with Crippen molar-refractivity contribution in [2.24, 2.45) is 0 Å². The highest BCUT2D eigenvalue weighted by atomic mass is 35.5. The van der Waals surface area contributed by atoms with Crippen LogP contribution < -0.4 is 0 Å². The number of aromatic hydroxyl groups is 2. The molecule has 4 rings (SSSR count). The molecule has 2 N–H and O–H groups in total. The Labute approximate surface area is 151 Å². The van der Waals surface area contributed by atoms with Gasteiger partial charge >= 0.3 is 0 Å². The summed E-state index contributed by atoms with van der Waals surface area (Å²) in [5.41, 5.74) is 7.69. The fraction of sp³-hybridized carbons (Fsp3) is 0.0909. The van der Waals surface area contributed by atoms with E-state index >= 15 is 0 Å². The molecule has 0 heterocycles. The van der Waals surface area contributed by atoms with Gasteiger partial charge in [0.15, 0.2) is 0 Å². The molecule has 0 aromatic heterocycles. The molecule has 3 aromatic carbocycles. The average Bonchev–Trinajstić information content (AvgIpc) is 2.98. The third-order valence-electron chi connectivity index (χ3n) is 4.74. The first kappa shape index (κ1) is 15.8. The molecule has 3 aromatic rings. The number of hydrogen-bond donors (Lipinski definition) is 2. The van der Waals surface area contributed by atoms with E-state index in [1.807, 2.05) is 37.3 Å². The van der Waals surface area contributed by atoms with Crippen LogP contribution in [0.25, 0.3) is 11.1 Å². The lowest BCUT2D eigenvalue weighted by Gasteiger charge is -2.11. The van der Waals surface area contributed by atoms with Gasteiger partial charge in [-0.05, 0) is 76.6 Å². The lowest BCUT2D eigenvalue weighted by Crippen LogP contribution is -1.90. The van der Waals surface area contributed by atoms with Gasteiger partial charge < -0.3 is 10.2 Å². The standard InChI is InChI=1S/C22H17ClO2/c1-13-9-16(24)11-19-17(13)12-18(15-7-8-21(25)20(23)10-15)22(19)14-5-3-2-4-6-14/h2-11,24-25H,12H2,1H3. The monoisotopic (exact) mass is 348 g/mol. The van der Waals surface area contributed by atoms with E-state index in [1.54, 1.807) is 18.2 Å². The number of hydrogen-bond acceptors (Lipinski definition) is 2. The van der Waals surface area contributed by atoms with Crippen molar-refractivity contribution >= 4 is 22.7 Å². The van der Waals surface area contributed by atoms with Crippen LogP contribution in [0.1, 0.15) is 27.8 Å². The third-order valence-corrected chi connectivity index (χ3v) is 5.04. The van der Waals surface area contributed by atoms with Crippen LogP contribution in [0, 0.1) is 6.92 Å². The molecule has 0 radical (unpaired) electrons. The van der Waals surface area contributed by atoms with Crippen molar-refractivity contribution in [3.8, 4) is 11.5 Å². The summed E-state index contributed by atoms with van der Waals surface area (Å²) in [6.45, 7) is 2.02. The van der Waals surface area contributed by atoms with Crippen molar-refractivity contribution in [2.75, 3.05) is 0 Å². The molecule has 0 spiro atoms. The number of rotatable bonds is 2. The first-order valence-electron chi connectivity index (χ1n) is 8.15. The van der Waals surface area contributed by atoms with Gasteiger partial charge in [0.2, 0.25) is 0 Å². The molecule has 0 amide bonds. The molecule has 0 atom stereocenters. The number of phenols is 2. The Morgan fingerprint density at radius 2 is 1.64 bits per heavy atom. The van der Waals surface area contributed by atoms with Crippen LogP contribution >= 0.6 is 11.6 Å². The Kier molecular flexibility index (Phi) is 3.78. The number of fused-ring (bicyclic) bond motifs is 1. The molecule has 0 saturated heterocycles. The van der Waals surface area contributed by atoms with E-state index in [0.717, 1.165) is 39.8 Å². The molecular weight excluding hydrogens is 332 g/mol. The van der Waals surface area contributed by atoms with E-state index in [4.69, 9.17) is 11.6 Å². The van der Waals surface area contributed by atoms with Crippen LogP contribution in [0.5, 0.6) is 11.5 Å². The van der Waals surface area contributed by atoms with Crippen molar-refractivity contribution in [1.82, 2.24) is 0 Å². The van der Waals surface area contributed by atoms with Gasteiger partial charge in [-0.25, -0.2) is 0 Å². The van der Waals surface area contributed by atoms with E-state index in [1.165, 1.54) is 5.56 Å². The maximum Gasteiger partial charge on any atom is 0.134 e. The Hall–Kier alpha value is -2.71. The number of benzene rings is 3. The first-order valence-corrected chi connectivity index (χ1v) is 8.52. The zero-order valence-electron chi connectivity index (χ0n) is 13.8. The van der Waals surface area contributed by atoms with Gasteiger partial charge in [0, 0.05) is 0 Å². The normalized spacial score (nSPS) is 13.2. The molecule has 3 heteroatoms. The van der Waals surface area contributed by atoms with Crippen LogP contribution in [0.2, 0.25) is 5.02 Å². The highest BCUT2D eigenvalue weighted by Crippen LogP contribution is 2.45. The van der Waals surface area contributed by atoms with E-state index in [-0.39, 0.29) is 11.5 Å². The molecule has 2 nitrogen and oxygen atoms in total. The molecule has 0 unspecified atom stereocenters. The van der Waals surface area contributed by atoms with E-state index in [9.17, 15) is 10.2 Å². The molecule has 0 saturated carbocycles. The van der Waals surface area contributed by atoms with Crippen molar-refractivity contribution in [3.63, 3.8) is 0 Å². The van der Waals surface area contributed by atoms with Crippen molar-refractivity contribution in [1.29, 1.82) is 0 Å². The summed E-state index contributed by atoms with van der Waals surface area (Å²) in [4.78, 5) is 0. The second-order valence-corrected chi connectivity index (χ2v) is 6.76. The van der Waals surface area contributed by atoms with E-state index in [0.29, 0.717) is 5.02 Å². The Morgan fingerprint density at radius 3 is 2.36 bits per heavy atom. The minimum Gasteiger partial charge on any atom is -0.508 e. The molecule has 1 aliphatic carbocycles. The first-order chi connectivity index (χ1) is 12.0. The zero-order chi connectivity index (χ0) is 17.6. The lowest BCUT2D eigenvalue weighted by molar-refractivity contribution is 0.474. The van der Waals surface area contributed by atoms with E-state index in [2.05, 4.69) is 12.1 Å².